The van der Waals surface area contributed by atoms with Gasteiger partial charge in [-0.25, -0.2) is 9.97 Å². The van der Waals surface area contributed by atoms with E-state index in [0.29, 0.717) is 20.8 Å². The van der Waals surface area contributed by atoms with Gasteiger partial charge in [0.2, 0.25) is 0 Å². The van der Waals surface area contributed by atoms with Crippen molar-refractivity contribution < 1.29 is 15.2 Å². The van der Waals surface area contributed by atoms with Crippen LogP contribution in [-0.2, 0) is 4.79 Å². The van der Waals surface area contributed by atoms with Gasteiger partial charge in [0.25, 0.3) is 0 Å². The van der Waals surface area contributed by atoms with Crippen molar-refractivity contribution in [3.05, 3.63) is 77.3 Å². The Morgan fingerprint density at radius 3 is 2.10 bits per heavy atom. The number of anilines is 1. The molecule has 202 valence electrons. The Kier molecular flexibility index (Phi) is 7.00. The number of nitrogens with two attached hydrogens (primary N) is 1. The second kappa shape index (κ2) is 10.6. The molecule has 6 nitrogen and oxygen atoms in total. The van der Waals surface area contributed by atoms with E-state index in [4.69, 9.17) is 9.97 Å². The van der Waals surface area contributed by atoms with Crippen molar-refractivity contribution in [1.29, 1.82) is 0 Å². The number of nitrogens with zero attached hydrogens (tertiary/aromatic N) is 3. The Morgan fingerprint density at radius 2 is 1.50 bits per heavy atom. The first-order chi connectivity index (χ1) is 19.5. The zero-order valence-corrected chi connectivity index (χ0v) is 26.2. The van der Waals surface area contributed by atoms with Crippen LogP contribution in [0.2, 0.25) is 0 Å². The minimum atomic E-state index is -0.212. The van der Waals surface area contributed by atoms with Gasteiger partial charge in [-0.15, -0.1) is 11.3 Å². The summed E-state index contributed by atoms with van der Waals surface area (Å²) in [5.41, 5.74) is 4.96. The van der Waals surface area contributed by atoms with Crippen LogP contribution in [0.1, 0.15) is 24.1 Å². The summed E-state index contributed by atoms with van der Waals surface area (Å²) in [5, 5.41) is 17.1. The van der Waals surface area contributed by atoms with Gasteiger partial charge < -0.3 is 15.3 Å². The fourth-order valence-corrected chi connectivity index (χ4v) is 8.34. The standard InChI is InChI=1S/C30H24Br2N4O2S2/c31-19-7-3-16(4-8-19)23-27(39-29(34-23)18-11-12-33-15-18)21-25(37)22(26(21)38)28-24(17-5-9-20(32)10-6-17)35-30(40-28)36-13-1-2-14-36/h3-10,33,37H,1-2,11-15H2/b27-21-,29-18+. The van der Waals surface area contributed by atoms with Crippen LogP contribution < -0.4 is 24.5 Å². The summed E-state index contributed by atoms with van der Waals surface area (Å²) < 4.78 is 3.52. The normalized spacial score (nSPS) is 20.1. The fourth-order valence-electron chi connectivity index (χ4n) is 5.42. The number of thiazole rings is 2. The fraction of sp³-hybridized carbons (Fsp3) is 0.233. The molecular weight excluding hydrogens is 672 g/mol. The van der Waals surface area contributed by atoms with Gasteiger partial charge in [-0.1, -0.05) is 73.2 Å². The van der Waals surface area contributed by atoms with E-state index in [1.165, 1.54) is 28.2 Å². The van der Waals surface area contributed by atoms with Crippen LogP contribution in [0.15, 0.2) is 63.2 Å². The van der Waals surface area contributed by atoms with Crippen molar-refractivity contribution in [2.75, 3.05) is 31.1 Å². The molecule has 10 heteroatoms. The molecule has 4 heterocycles. The van der Waals surface area contributed by atoms with Crippen LogP contribution in [0, 0.1) is 0 Å². The van der Waals surface area contributed by atoms with E-state index in [2.05, 4.69) is 42.1 Å². The minimum absolute atomic E-state index is 0.212. The number of carbonyl (C=O) groups excluding carboxylic acids is 1. The second-order valence-corrected chi connectivity index (χ2v) is 13.9. The largest absolute Gasteiger partial charge is 0.871 e. The van der Waals surface area contributed by atoms with Crippen LogP contribution in [0.3, 0.4) is 0 Å². The molecule has 2 aromatic heterocycles. The molecule has 0 saturated carbocycles. The number of allylic oxidation sites excluding steroid dienone is 2. The number of Topliss-reactive ketones (excluding diaryl/α,β-unsaturated/α-hetero) is 1. The Bertz CT molecular complexity index is 1790. The number of aromatic nitrogens is 2. The highest BCUT2D eigenvalue weighted by Crippen LogP contribution is 2.45. The number of hydrogen-bond acceptors (Lipinski definition) is 7. The Labute approximate surface area is 256 Å². The van der Waals surface area contributed by atoms with Crippen molar-refractivity contribution in [3.8, 4) is 22.5 Å². The number of benzene rings is 2. The Balaban J connectivity index is 1.42. The van der Waals surface area contributed by atoms with Crippen LogP contribution in [0.5, 0.6) is 0 Å². The molecule has 2 aliphatic heterocycles. The van der Waals surface area contributed by atoms with Crippen molar-refractivity contribution in [2.45, 2.75) is 19.3 Å². The molecule has 40 heavy (non-hydrogen) atoms. The van der Waals surface area contributed by atoms with E-state index >= 15 is 0 Å². The van der Waals surface area contributed by atoms with E-state index in [0.717, 1.165) is 75.3 Å². The van der Waals surface area contributed by atoms with Crippen LogP contribution in [0.25, 0.3) is 39.2 Å². The topological polar surface area (TPSA) is 85.8 Å². The van der Waals surface area contributed by atoms with E-state index in [1.54, 1.807) is 0 Å². The maximum atomic E-state index is 13.9. The van der Waals surface area contributed by atoms with Gasteiger partial charge in [-0.3, -0.25) is 4.79 Å². The van der Waals surface area contributed by atoms with Gasteiger partial charge in [0.05, 0.1) is 27.3 Å². The molecule has 7 rings (SSSR count). The third-order valence-corrected chi connectivity index (χ3v) is 10.9. The molecule has 0 spiro atoms. The van der Waals surface area contributed by atoms with E-state index in [9.17, 15) is 9.90 Å². The summed E-state index contributed by atoms with van der Waals surface area (Å²) in [7, 11) is 0. The zero-order chi connectivity index (χ0) is 27.4. The highest BCUT2D eigenvalue weighted by atomic mass is 79.9. The summed E-state index contributed by atoms with van der Waals surface area (Å²) >= 11 is 9.94. The zero-order valence-electron chi connectivity index (χ0n) is 21.4. The smallest absolute Gasteiger partial charge is 0.194 e. The van der Waals surface area contributed by atoms with Crippen LogP contribution >= 0.6 is 54.5 Å². The van der Waals surface area contributed by atoms with Crippen molar-refractivity contribution in [1.82, 2.24) is 9.97 Å². The molecule has 0 radical (unpaired) electrons. The lowest BCUT2D eigenvalue weighted by Gasteiger charge is -2.30. The summed E-state index contributed by atoms with van der Waals surface area (Å²) in [5.74, 6) is -0.423. The summed E-state index contributed by atoms with van der Waals surface area (Å²) in [4.78, 5) is 26.8. The maximum absolute atomic E-state index is 13.9. The van der Waals surface area contributed by atoms with Crippen LogP contribution in [-0.4, -0.2) is 41.9 Å². The lowest BCUT2D eigenvalue weighted by atomic mass is 9.85. The minimum Gasteiger partial charge on any atom is -0.871 e. The molecule has 0 amide bonds. The number of hydrogen-bond donors (Lipinski definition) is 1. The third-order valence-electron chi connectivity index (χ3n) is 7.56. The van der Waals surface area contributed by atoms with Gasteiger partial charge >= 0.3 is 0 Å². The Morgan fingerprint density at radius 1 is 0.850 bits per heavy atom. The van der Waals surface area contributed by atoms with E-state index in [1.807, 2.05) is 48.5 Å². The number of rotatable bonds is 4. The molecule has 3 aliphatic rings. The quantitative estimate of drug-likeness (QED) is 0.352. The van der Waals surface area contributed by atoms with Crippen LogP contribution in [0.4, 0.5) is 5.13 Å². The van der Waals surface area contributed by atoms with Gasteiger partial charge in [0.1, 0.15) is 11.2 Å². The van der Waals surface area contributed by atoms with Crippen molar-refractivity contribution in [3.63, 3.8) is 0 Å². The van der Waals surface area contributed by atoms with Crippen molar-refractivity contribution in [2.24, 2.45) is 0 Å². The second-order valence-electron chi connectivity index (χ2n) is 10.1. The predicted octanol–water partition coefficient (Wildman–Crippen LogP) is 3.68. The van der Waals surface area contributed by atoms with E-state index in [-0.39, 0.29) is 22.7 Å². The monoisotopic (exact) mass is 694 g/mol. The maximum Gasteiger partial charge on any atom is 0.194 e. The molecule has 0 atom stereocenters. The first-order valence-corrected chi connectivity index (χ1v) is 16.5. The van der Waals surface area contributed by atoms with Crippen molar-refractivity contribution >= 4 is 82.2 Å². The molecule has 2 saturated heterocycles. The predicted molar refractivity (Wildman–Crippen MR) is 166 cm³/mol. The molecule has 0 unspecified atom stereocenters. The number of carbonyl (C=O) groups is 1. The molecular formula is C30H24Br2N4O2S2. The lowest BCUT2D eigenvalue weighted by Crippen LogP contribution is -2.80. The van der Waals surface area contributed by atoms with Gasteiger partial charge in [0, 0.05) is 56.3 Å². The highest BCUT2D eigenvalue weighted by molar-refractivity contribution is 9.10. The Hall–Kier alpha value is -2.63. The van der Waals surface area contributed by atoms with E-state index < -0.39 is 0 Å². The molecule has 0 bridgehead atoms. The lowest BCUT2D eigenvalue weighted by molar-refractivity contribution is -0.630. The van der Waals surface area contributed by atoms with Gasteiger partial charge in [-0.2, -0.15) is 0 Å². The highest BCUT2D eigenvalue weighted by Gasteiger charge is 2.35. The number of quaternary nitrogens is 1. The summed E-state index contributed by atoms with van der Waals surface area (Å²) in [6.07, 6.45) is 3.22. The number of ketones is 1. The third kappa shape index (κ3) is 4.59. The average Bonchev–Trinajstić information content (AvgIpc) is 3.77. The first kappa shape index (κ1) is 26.3. The average molecular weight is 696 g/mol. The molecule has 4 aromatic rings. The molecule has 2 fully saturated rings. The molecule has 2 N–H and O–H groups in total. The first-order valence-electron chi connectivity index (χ1n) is 13.3. The van der Waals surface area contributed by atoms with Gasteiger partial charge in [0.15, 0.2) is 10.9 Å². The number of halogens is 2. The summed E-state index contributed by atoms with van der Waals surface area (Å²) in [6, 6.07) is 15.8. The SMILES string of the molecule is O=C1C(c2sc(N3CCCC3)nc2-c2ccc(Br)cc2)=C([O-])/C1=c1/s/c(=C2\CC[NH2+]C2)nc1-c1ccc(Br)cc1. The van der Waals surface area contributed by atoms with Gasteiger partial charge in [-0.05, 0) is 37.1 Å². The molecule has 1 aliphatic carbocycles. The molecule has 2 aromatic carbocycles. The summed E-state index contributed by atoms with van der Waals surface area (Å²) in [6.45, 7) is 3.82.